The van der Waals surface area contributed by atoms with E-state index in [9.17, 15) is 43.2 Å². The molecule has 104 heavy (non-hydrogen) atoms. The molecule has 0 saturated heterocycles. The summed E-state index contributed by atoms with van der Waals surface area (Å²) in [5.41, 5.74) is 0. The number of unbranched alkanes of at least 4 members (excludes halogenated alkanes) is 53. The smallest absolute Gasteiger partial charge is 0.462 e. The Morgan fingerprint density at radius 1 is 0.279 bits per heavy atom. The van der Waals surface area contributed by atoms with E-state index in [-0.39, 0.29) is 25.7 Å². The summed E-state index contributed by atoms with van der Waals surface area (Å²) in [6, 6.07) is 0. The lowest BCUT2D eigenvalue weighted by Gasteiger charge is -2.21. The van der Waals surface area contributed by atoms with Crippen LogP contribution in [-0.4, -0.2) is 96.7 Å². The van der Waals surface area contributed by atoms with Crippen LogP contribution in [0.15, 0.2) is 0 Å². The van der Waals surface area contributed by atoms with Gasteiger partial charge in [0.2, 0.25) is 0 Å². The Hall–Kier alpha value is -1.94. The minimum atomic E-state index is -4.97. The number of phosphoric ester groups is 2. The van der Waals surface area contributed by atoms with E-state index in [0.717, 1.165) is 102 Å². The SMILES string of the molecule is CCCCCCCCCCCCCCCCCCCCCCC(=O)O[C@H](COC(=O)CCCCCCCCCCCCCCCCC(C)CC)COP(=O)(O)OC[C@@H](O)COP(=O)(O)OC[C@@H](COC(=O)CCCCCCCCCC(C)C)OC(=O)CCCCCCCCCCCCCCCCCC. The monoisotopic (exact) mass is 1520 g/mol. The van der Waals surface area contributed by atoms with Gasteiger partial charge in [0.25, 0.3) is 0 Å². The number of esters is 4. The zero-order valence-corrected chi connectivity index (χ0v) is 70.1. The standard InChI is InChI=1S/C85H166O17P2/c1-7-10-12-14-16-18-20-22-24-26-27-28-29-31-37-41-45-51-58-64-69-84(89)101-80(73-95-82(87)67-61-55-49-43-39-35-33-32-34-38-42-48-54-60-66-78(6)9-3)75-99-103(91,92)97-71-79(86)72-98-104(93,94)100-76-81(74-96-83(88)68-62-56-52-46-47-53-59-65-77(4)5)102-85(90)70-63-57-50-44-40-36-30-25-23-21-19-17-15-13-11-8-2/h77-81,86H,7-76H2,1-6H3,(H,91,92)(H,93,94)/t78?,79-,80-,81-/m1/s1. The molecule has 0 aromatic heterocycles. The average Bonchev–Trinajstić information content (AvgIpc) is 0.914. The summed E-state index contributed by atoms with van der Waals surface area (Å²) in [5.74, 6) is -0.549. The summed E-state index contributed by atoms with van der Waals surface area (Å²) in [7, 11) is -9.93. The van der Waals surface area contributed by atoms with Gasteiger partial charge in [-0.2, -0.15) is 0 Å². The molecule has 0 aliphatic rings. The van der Waals surface area contributed by atoms with Crippen molar-refractivity contribution >= 4 is 39.5 Å². The molecule has 0 aromatic rings. The number of hydrogen-bond donors (Lipinski definition) is 3. The van der Waals surface area contributed by atoms with Crippen molar-refractivity contribution in [1.82, 2.24) is 0 Å². The molecule has 0 bridgehead atoms. The number of hydrogen-bond acceptors (Lipinski definition) is 15. The van der Waals surface area contributed by atoms with Crippen LogP contribution in [0.25, 0.3) is 0 Å². The third-order valence-electron chi connectivity index (χ3n) is 20.3. The summed E-state index contributed by atoms with van der Waals surface area (Å²) in [4.78, 5) is 73.2. The van der Waals surface area contributed by atoms with Crippen LogP contribution in [0.4, 0.5) is 0 Å². The second-order valence-electron chi connectivity index (χ2n) is 31.3. The maximum Gasteiger partial charge on any atom is 0.472 e. The number of aliphatic hydroxyl groups excluding tert-OH is 1. The minimum absolute atomic E-state index is 0.108. The lowest BCUT2D eigenvalue weighted by atomic mass is 9.99. The zero-order chi connectivity index (χ0) is 76.4. The molecular weight excluding hydrogens is 1350 g/mol. The zero-order valence-electron chi connectivity index (χ0n) is 68.3. The van der Waals surface area contributed by atoms with Crippen LogP contribution in [0.1, 0.15) is 452 Å². The fraction of sp³-hybridized carbons (Fsp3) is 0.953. The maximum absolute atomic E-state index is 13.1. The maximum atomic E-state index is 13.1. The summed E-state index contributed by atoms with van der Waals surface area (Å²) < 4.78 is 68.9. The molecule has 0 spiro atoms. The molecule has 0 rings (SSSR count). The van der Waals surface area contributed by atoms with Crippen LogP contribution in [0.3, 0.4) is 0 Å². The van der Waals surface area contributed by atoms with Gasteiger partial charge in [-0.3, -0.25) is 37.3 Å². The summed E-state index contributed by atoms with van der Waals surface area (Å²) in [5, 5.41) is 10.7. The molecule has 3 unspecified atom stereocenters. The second-order valence-corrected chi connectivity index (χ2v) is 34.2. The molecule has 618 valence electrons. The molecule has 0 saturated carbocycles. The minimum Gasteiger partial charge on any atom is -0.462 e. The van der Waals surface area contributed by atoms with Crippen molar-refractivity contribution in [3.8, 4) is 0 Å². The first kappa shape index (κ1) is 102. The van der Waals surface area contributed by atoms with Crippen molar-refractivity contribution < 1.29 is 80.2 Å². The predicted octanol–water partition coefficient (Wildman–Crippen LogP) is 25.8. The molecule has 19 heteroatoms. The quantitative estimate of drug-likeness (QED) is 0.0222. The van der Waals surface area contributed by atoms with Crippen LogP contribution >= 0.6 is 15.6 Å². The van der Waals surface area contributed by atoms with E-state index in [1.807, 2.05) is 0 Å². The molecule has 6 atom stereocenters. The van der Waals surface area contributed by atoms with E-state index in [1.165, 1.54) is 263 Å². The number of carbonyl (C=O) groups excluding carboxylic acids is 4. The fourth-order valence-electron chi connectivity index (χ4n) is 13.2. The molecule has 17 nitrogen and oxygen atoms in total. The molecule has 0 heterocycles. The topological polar surface area (TPSA) is 237 Å². The van der Waals surface area contributed by atoms with Gasteiger partial charge in [-0.05, 0) is 37.5 Å². The normalized spacial score (nSPS) is 14.1. The summed E-state index contributed by atoms with van der Waals surface area (Å²) in [6.07, 6.45) is 68.1. The van der Waals surface area contributed by atoms with Crippen molar-refractivity contribution in [2.24, 2.45) is 11.8 Å². The van der Waals surface area contributed by atoms with E-state index in [1.54, 1.807) is 0 Å². The van der Waals surface area contributed by atoms with Gasteiger partial charge in [0.05, 0.1) is 26.4 Å². The Morgan fingerprint density at radius 3 is 0.731 bits per heavy atom. The van der Waals surface area contributed by atoms with Crippen molar-refractivity contribution in [2.45, 2.75) is 471 Å². The number of rotatable bonds is 84. The number of carbonyl (C=O) groups is 4. The van der Waals surface area contributed by atoms with Gasteiger partial charge in [-0.25, -0.2) is 9.13 Å². The number of aliphatic hydroxyl groups is 1. The Kier molecular flexibility index (Phi) is 75.0. The van der Waals surface area contributed by atoms with E-state index in [4.69, 9.17) is 37.0 Å². The Labute approximate surface area is 638 Å². The molecule has 0 aliphatic heterocycles. The van der Waals surface area contributed by atoms with Gasteiger partial charge >= 0.3 is 39.5 Å². The van der Waals surface area contributed by atoms with E-state index in [0.29, 0.717) is 31.6 Å². The van der Waals surface area contributed by atoms with Gasteiger partial charge in [0.15, 0.2) is 12.2 Å². The van der Waals surface area contributed by atoms with Crippen LogP contribution < -0.4 is 0 Å². The third-order valence-corrected chi connectivity index (χ3v) is 22.2. The Balaban J connectivity index is 5.23. The number of phosphoric acid groups is 2. The molecule has 0 fully saturated rings. The number of ether oxygens (including phenoxy) is 4. The van der Waals surface area contributed by atoms with Crippen molar-refractivity contribution in [3.63, 3.8) is 0 Å². The summed E-state index contributed by atoms with van der Waals surface area (Å²) >= 11 is 0. The van der Waals surface area contributed by atoms with E-state index < -0.39 is 97.5 Å². The highest BCUT2D eigenvalue weighted by atomic mass is 31.2. The highest BCUT2D eigenvalue weighted by Gasteiger charge is 2.30. The van der Waals surface area contributed by atoms with Gasteiger partial charge in [-0.15, -0.1) is 0 Å². The average molecular weight is 1520 g/mol. The fourth-order valence-corrected chi connectivity index (χ4v) is 14.8. The van der Waals surface area contributed by atoms with Gasteiger partial charge in [0, 0.05) is 25.7 Å². The van der Waals surface area contributed by atoms with Crippen molar-refractivity contribution in [1.29, 1.82) is 0 Å². The highest BCUT2D eigenvalue weighted by Crippen LogP contribution is 2.45. The molecule has 0 radical (unpaired) electrons. The molecule has 3 N–H and O–H groups in total. The van der Waals surface area contributed by atoms with E-state index in [2.05, 4.69) is 41.5 Å². The third kappa shape index (κ3) is 76.8. The van der Waals surface area contributed by atoms with Crippen LogP contribution in [-0.2, 0) is 65.4 Å². The van der Waals surface area contributed by atoms with Crippen LogP contribution in [0.2, 0.25) is 0 Å². The molecule has 0 aliphatic carbocycles. The van der Waals surface area contributed by atoms with Crippen molar-refractivity contribution in [2.75, 3.05) is 39.6 Å². The molecule has 0 amide bonds. The largest absolute Gasteiger partial charge is 0.472 e. The highest BCUT2D eigenvalue weighted by molar-refractivity contribution is 7.47. The second kappa shape index (κ2) is 76.4. The lowest BCUT2D eigenvalue weighted by Crippen LogP contribution is -2.30. The first-order valence-corrected chi connectivity index (χ1v) is 47.0. The lowest BCUT2D eigenvalue weighted by molar-refractivity contribution is -0.161. The molecule has 0 aromatic carbocycles. The first-order valence-electron chi connectivity index (χ1n) is 44.0. The van der Waals surface area contributed by atoms with Crippen molar-refractivity contribution in [3.05, 3.63) is 0 Å². The van der Waals surface area contributed by atoms with Gasteiger partial charge < -0.3 is 33.8 Å². The van der Waals surface area contributed by atoms with Crippen LogP contribution in [0, 0.1) is 11.8 Å². The Morgan fingerprint density at radius 2 is 0.490 bits per heavy atom. The van der Waals surface area contributed by atoms with E-state index >= 15 is 0 Å². The Bertz CT molecular complexity index is 2000. The summed E-state index contributed by atoms with van der Waals surface area (Å²) in [6.45, 7) is 9.67. The van der Waals surface area contributed by atoms with Gasteiger partial charge in [0.1, 0.15) is 19.3 Å². The van der Waals surface area contributed by atoms with Crippen LogP contribution in [0.5, 0.6) is 0 Å². The molecular formula is C85H166O17P2. The van der Waals surface area contributed by atoms with Gasteiger partial charge in [-0.1, -0.05) is 401 Å². The first-order chi connectivity index (χ1) is 50.4. The predicted molar refractivity (Wildman–Crippen MR) is 428 cm³/mol.